The van der Waals surface area contributed by atoms with Crippen LogP contribution in [0.1, 0.15) is 21.3 Å². The third kappa shape index (κ3) is 3.27. The molecule has 0 spiro atoms. The van der Waals surface area contributed by atoms with Crippen molar-refractivity contribution >= 4 is 51.6 Å². The zero-order valence-corrected chi connectivity index (χ0v) is 14.0. The monoisotopic (exact) mass is 353 g/mol. The lowest BCUT2D eigenvalue weighted by molar-refractivity contribution is 0.0838. The highest BCUT2D eigenvalue weighted by Crippen LogP contribution is 2.28. The second-order valence-electron chi connectivity index (χ2n) is 4.54. The highest BCUT2D eigenvalue weighted by atomic mass is 35.5. The Morgan fingerprint density at radius 3 is 2.86 bits per heavy atom. The van der Waals surface area contributed by atoms with E-state index in [1.165, 1.54) is 11.3 Å². The number of nitrogens with one attached hydrogen (secondary N) is 1. The van der Waals surface area contributed by atoms with Gasteiger partial charge in [0.2, 0.25) is 0 Å². The normalized spacial score (nSPS) is 12.5. The Labute approximate surface area is 140 Å². The van der Waals surface area contributed by atoms with Gasteiger partial charge in [0.05, 0.1) is 16.1 Å². The number of ether oxygens (including phenoxy) is 1. The molecule has 1 atom stereocenters. The van der Waals surface area contributed by atoms with Crippen LogP contribution in [-0.4, -0.2) is 28.3 Å². The van der Waals surface area contributed by atoms with Gasteiger partial charge < -0.3 is 10.1 Å². The molecule has 0 aliphatic rings. The molecule has 1 amide bonds. The van der Waals surface area contributed by atoms with E-state index in [1.54, 1.807) is 25.3 Å². The van der Waals surface area contributed by atoms with E-state index < -0.39 is 0 Å². The van der Waals surface area contributed by atoms with Crippen LogP contribution in [0.3, 0.4) is 0 Å². The maximum absolute atomic E-state index is 12.2. The molecule has 0 saturated carbocycles. The van der Waals surface area contributed by atoms with Gasteiger partial charge in [-0.05, 0) is 30.3 Å². The van der Waals surface area contributed by atoms with E-state index in [1.807, 2.05) is 12.1 Å². The van der Waals surface area contributed by atoms with Crippen molar-refractivity contribution in [1.82, 2.24) is 14.1 Å². The lowest BCUT2D eigenvalue weighted by atomic mass is 10.2. The summed E-state index contributed by atoms with van der Waals surface area (Å²) in [6, 6.07) is 8.99. The summed E-state index contributed by atoms with van der Waals surface area (Å²) in [4.78, 5) is 13.2. The first kappa shape index (κ1) is 15.4. The van der Waals surface area contributed by atoms with E-state index in [0.29, 0.717) is 16.4 Å². The third-order valence-corrected chi connectivity index (χ3v) is 5.04. The molecule has 22 heavy (non-hydrogen) atoms. The maximum Gasteiger partial charge on any atom is 0.251 e. The molecule has 2 heterocycles. The Morgan fingerprint density at radius 2 is 2.14 bits per heavy atom. The number of benzene rings is 1. The number of hydrogen-bond acceptors (Lipinski definition) is 6. The second-order valence-corrected chi connectivity index (χ2v) is 6.82. The van der Waals surface area contributed by atoms with Crippen LogP contribution in [0.15, 0.2) is 30.3 Å². The van der Waals surface area contributed by atoms with Crippen LogP contribution in [0, 0.1) is 0 Å². The van der Waals surface area contributed by atoms with Crippen molar-refractivity contribution in [3.63, 3.8) is 0 Å². The number of fused-ring (bicyclic) bond motifs is 1. The Balaban J connectivity index is 1.68. The Bertz CT molecular complexity index is 802. The van der Waals surface area contributed by atoms with Crippen LogP contribution in [0.4, 0.5) is 0 Å². The highest BCUT2D eigenvalue weighted by molar-refractivity contribution is 7.16. The highest BCUT2D eigenvalue weighted by Gasteiger charge is 2.15. The molecule has 0 aliphatic carbocycles. The molecule has 8 heteroatoms. The van der Waals surface area contributed by atoms with Crippen LogP contribution < -0.4 is 5.32 Å². The Hall–Kier alpha value is -1.54. The molecular weight excluding hydrogens is 342 g/mol. The first-order valence-corrected chi connectivity index (χ1v) is 8.38. The first-order valence-electron chi connectivity index (χ1n) is 6.46. The standard InChI is InChI=1S/C14H12ClN3O2S2/c1-20-11(12-4-5-13(15)21-12)7-16-14(19)8-2-3-9-10(6-8)18-22-17-9/h2-6,11H,7H2,1H3,(H,16,19)/t11-/m0/s1. The smallest absolute Gasteiger partial charge is 0.251 e. The van der Waals surface area contributed by atoms with E-state index in [2.05, 4.69) is 14.1 Å². The minimum atomic E-state index is -0.217. The summed E-state index contributed by atoms with van der Waals surface area (Å²) in [5.74, 6) is -0.167. The summed E-state index contributed by atoms with van der Waals surface area (Å²) in [6.07, 6.45) is -0.217. The number of carbonyl (C=O) groups excluding carboxylic acids is 1. The summed E-state index contributed by atoms with van der Waals surface area (Å²) in [7, 11) is 1.61. The topological polar surface area (TPSA) is 64.1 Å². The van der Waals surface area contributed by atoms with Crippen molar-refractivity contribution in [3.8, 4) is 0 Å². The minimum absolute atomic E-state index is 0.167. The number of methoxy groups -OCH3 is 1. The molecule has 0 unspecified atom stereocenters. The quantitative estimate of drug-likeness (QED) is 0.762. The zero-order valence-electron chi connectivity index (χ0n) is 11.6. The van der Waals surface area contributed by atoms with Crippen LogP contribution >= 0.6 is 34.7 Å². The lowest BCUT2D eigenvalue weighted by Gasteiger charge is -2.14. The molecule has 0 bridgehead atoms. The molecule has 1 aromatic carbocycles. The first-order chi connectivity index (χ1) is 10.7. The molecule has 1 N–H and O–H groups in total. The summed E-state index contributed by atoms with van der Waals surface area (Å²) in [5, 5.41) is 2.87. The number of thiophene rings is 1. The minimum Gasteiger partial charge on any atom is -0.374 e. The SMILES string of the molecule is CO[C@@H](CNC(=O)c1ccc2nsnc2c1)c1ccc(Cl)s1. The number of halogens is 1. The Morgan fingerprint density at radius 1 is 1.32 bits per heavy atom. The van der Waals surface area contributed by atoms with Gasteiger partial charge in [-0.2, -0.15) is 8.75 Å². The van der Waals surface area contributed by atoms with Gasteiger partial charge in [-0.15, -0.1) is 11.3 Å². The van der Waals surface area contributed by atoms with E-state index >= 15 is 0 Å². The fourth-order valence-electron chi connectivity index (χ4n) is 2.01. The van der Waals surface area contributed by atoms with Crippen molar-refractivity contribution in [3.05, 3.63) is 45.1 Å². The van der Waals surface area contributed by atoms with Crippen molar-refractivity contribution in [2.24, 2.45) is 0 Å². The van der Waals surface area contributed by atoms with Crippen molar-refractivity contribution < 1.29 is 9.53 Å². The predicted octanol–water partition coefficient (Wildman–Crippen LogP) is 3.52. The van der Waals surface area contributed by atoms with Crippen molar-refractivity contribution in [2.75, 3.05) is 13.7 Å². The largest absolute Gasteiger partial charge is 0.374 e. The summed E-state index contributed by atoms with van der Waals surface area (Å²) < 4.78 is 14.4. The molecule has 114 valence electrons. The van der Waals surface area contributed by atoms with Gasteiger partial charge in [0.25, 0.3) is 5.91 Å². The van der Waals surface area contributed by atoms with Gasteiger partial charge in [0.15, 0.2) is 0 Å². The molecule has 3 rings (SSSR count). The van der Waals surface area contributed by atoms with E-state index in [4.69, 9.17) is 16.3 Å². The Kier molecular flexibility index (Phi) is 4.68. The summed E-state index contributed by atoms with van der Waals surface area (Å²) in [6.45, 7) is 0.375. The average molecular weight is 354 g/mol. The van der Waals surface area contributed by atoms with E-state index in [-0.39, 0.29) is 12.0 Å². The predicted molar refractivity (Wildman–Crippen MR) is 88.8 cm³/mol. The number of rotatable bonds is 5. The second kappa shape index (κ2) is 6.70. The van der Waals surface area contributed by atoms with Crippen LogP contribution in [0.5, 0.6) is 0 Å². The molecule has 0 aliphatic heterocycles. The number of carbonyl (C=O) groups is 1. The van der Waals surface area contributed by atoms with Gasteiger partial charge >= 0.3 is 0 Å². The van der Waals surface area contributed by atoms with Crippen molar-refractivity contribution in [1.29, 1.82) is 0 Å². The third-order valence-electron chi connectivity index (χ3n) is 3.16. The number of hydrogen-bond donors (Lipinski definition) is 1. The molecule has 0 saturated heterocycles. The lowest BCUT2D eigenvalue weighted by Crippen LogP contribution is -2.28. The summed E-state index contributed by atoms with van der Waals surface area (Å²) in [5.41, 5.74) is 2.08. The molecule has 3 aromatic rings. The van der Waals surface area contributed by atoms with Crippen molar-refractivity contribution in [2.45, 2.75) is 6.10 Å². The molecule has 0 radical (unpaired) electrons. The van der Waals surface area contributed by atoms with Crippen LogP contribution in [0.25, 0.3) is 11.0 Å². The van der Waals surface area contributed by atoms with Gasteiger partial charge in [0.1, 0.15) is 17.1 Å². The van der Waals surface area contributed by atoms with Gasteiger partial charge in [0, 0.05) is 24.1 Å². The van der Waals surface area contributed by atoms with Gasteiger partial charge in [-0.25, -0.2) is 0 Å². The van der Waals surface area contributed by atoms with E-state index in [0.717, 1.165) is 27.6 Å². The fourth-order valence-corrected chi connectivity index (χ4v) is 3.67. The maximum atomic E-state index is 12.2. The molecule has 0 fully saturated rings. The van der Waals surface area contributed by atoms with Crippen LogP contribution in [0.2, 0.25) is 4.34 Å². The number of nitrogens with zero attached hydrogens (tertiary/aromatic N) is 2. The molecule has 2 aromatic heterocycles. The number of amides is 1. The van der Waals surface area contributed by atoms with E-state index in [9.17, 15) is 4.79 Å². The molecule has 5 nitrogen and oxygen atoms in total. The van der Waals surface area contributed by atoms with Gasteiger partial charge in [-0.3, -0.25) is 4.79 Å². The fraction of sp³-hybridized carbons (Fsp3) is 0.214. The number of aromatic nitrogens is 2. The van der Waals surface area contributed by atoms with Crippen LogP contribution in [-0.2, 0) is 4.74 Å². The van der Waals surface area contributed by atoms with Gasteiger partial charge in [-0.1, -0.05) is 11.6 Å². The molecular formula is C14H12ClN3O2S2. The summed E-state index contributed by atoms with van der Waals surface area (Å²) >= 11 is 8.50. The average Bonchev–Trinajstić information content (AvgIpc) is 3.15. The zero-order chi connectivity index (χ0) is 15.5.